The minimum Gasteiger partial charge on any atom is -0.394 e. The first kappa shape index (κ1) is 22.0. The fourth-order valence-corrected chi connectivity index (χ4v) is 4.06. The van der Waals surface area contributed by atoms with Crippen LogP contribution in [0, 0.1) is 5.82 Å². The van der Waals surface area contributed by atoms with E-state index in [1.54, 1.807) is 18.3 Å². The standard InChI is InChI=1S/C19H21FN4O5S/c20-13-1-4-16(5-2-13)30(27,28)24-17-6-3-15(29-18(17)11-25)9-19(26)22-10-14-7-8-21-12-23-14/h1-8,12,15,17-18,24-25H,9-11H2,(H,22,26)/t15-,17-,18+/m1/s1. The Bertz CT molecular complexity index is 986. The third-order valence-electron chi connectivity index (χ3n) is 4.37. The normalized spacial score (nSPS) is 21.3. The zero-order valence-corrected chi connectivity index (χ0v) is 16.6. The van der Waals surface area contributed by atoms with Gasteiger partial charge < -0.3 is 15.2 Å². The SMILES string of the molecule is O=C(C[C@H]1C=C[C@@H](NS(=O)(=O)c2ccc(F)cc2)[C@H](CO)O1)NCc1ccncn1. The number of carbonyl (C=O) groups excluding carboxylic acids is 1. The maximum atomic E-state index is 13.0. The topological polar surface area (TPSA) is 131 Å². The van der Waals surface area contributed by atoms with E-state index in [1.807, 2.05) is 0 Å². The van der Waals surface area contributed by atoms with Gasteiger partial charge in [-0.3, -0.25) is 4.79 Å². The van der Waals surface area contributed by atoms with Crippen LogP contribution in [0.5, 0.6) is 0 Å². The van der Waals surface area contributed by atoms with Crippen molar-refractivity contribution in [2.24, 2.45) is 0 Å². The van der Waals surface area contributed by atoms with Gasteiger partial charge in [-0.15, -0.1) is 0 Å². The molecule has 3 atom stereocenters. The van der Waals surface area contributed by atoms with E-state index in [9.17, 15) is 22.7 Å². The average Bonchev–Trinajstić information content (AvgIpc) is 2.74. The highest BCUT2D eigenvalue weighted by Gasteiger charge is 2.31. The minimum absolute atomic E-state index is 0.00445. The second-order valence-corrected chi connectivity index (χ2v) is 8.28. The van der Waals surface area contributed by atoms with Crippen LogP contribution in [0.3, 0.4) is 0 Å². The van der Waals surface area contributed by atoms with Crippen molar-refractivity contribution >= 4 is 15.9 Å². The number of aromatic nitrogens is 2. The summed E-state index contributed by atoms with van der Waals surface area (Å²) < 4.78 is 46.1. The first-order valence-electron chi connectivity index (χ1n) is 9.11. The fourth-order valence-electron chi connectivity index (χ4n) is 2.84. The molecular weight excluding hydrogens is 415 g/mol. The summed E-state index contributed by atoms with van der Waals surface area (Å²) in [6, 6.07) is 5.21. The summed E-state index contributed by atoms with van der Waals surface area (Å²) in [5.41, 5.74) is 0.655. The lowest BCUT2D eigenvalue weighted by Crippen LogP contribution is -2.49. The van der Waals surface area contributed by atoms with Crippen LogP contribution < -0.4 is 10.0 Å². The Morgan fingerprint density at radius 2 is 1.97 bits per heavy atom. The number of nitrogens with zero attached hydrogens (tertiary/aromatic N) is 2. The molecule has 2 heterocycles. The number of carbonyl (C=O) groups is 1. The quantitative estimate of drug-likeness (QED) is 0.507. The van der Waals surface area contributed by atoms with Crippen molar-refractivity contribution in [3.05, 3.63) is 66.5 Å². The Labute approximate surface area is 173 Å². The van der Waals surface area contributed by atoms with Gasteiger partial charge in [-0.05, 0) is 30.3 Å². The average molecular weight is 436 g/mol. The van der Waals surface area contributed by atoms with E-state index < -0.39 is 40.7 Å². The molecule has 1 aromatic heterocycles. The van der Waals surface area contributed by atoms with Crippen molar-refractivity contribution in [3.8, 4) is 0 Å². The number of amides is 1. The lowest BCUT2D eigenvalue weighted by Gasteiger charge is -2.31. The van der Waals surface area contributed by atoms with E-state index in [0.717, 1.165) is 24.3 Å². The molecule has 0 saturated heterocycles. The van der Waals surface area contributed by atoms with Crippen molar-refractivity contribution in [2.45, 2.75) is 36.1 Å². The van der Waals surface area contributed by atoms with Crippen molar-refractivity contribution in [1.29, 1.82) is 0 Å². The van der Waals surface area contributed by atoms with Crippen molar-refractivity contribution in [3.63, 3.8) is 0 Å². The molecule has 0 bridgehead atoms. The Morgan fingerprint density at radius 1 is 1.20 bits per heavy atom. The van der Waals surface area contributed by atoms with E-state index >= 15 is 0 Å². The number of ether oxygens (including phenoxy) is 1. The van der Waals surface area contributed by atoms with E-state index in [1.165, 1.54) is 12.4 Å². The molecular formula is C19H21FN4O5S. The van der Waals surface area contributed by atoms with Gasteiger partial charge in [0.2, 0.25) is 15.9 Å². The monoisotopic (exact) mass is 436 g/mol. The van der Waals surface area contributed by atoms with Gasteiger partial charge in [0.1, 0.15) is 18.2 Å². The summed E-state index contributed by atoms with van der Waals surface area (Å²) in [6.07, 6.45) is 4.54. The predicted molar refractivity (Wildman–Crippen MR) is 104 cm³/mol. The molecule has 0 spiro atoms. The molecule has 0 aliphatic carbocycles. The highest BCUT2D eigenvalue weighted by Crippen LogP contribution is 2.18. The Kier molecular flexibility index (Phi) is 7.21. The summed E-state index contributed by atoms with van der Waals surface area (Å²) in [7, 11) is -3.95. The van der Waals surface area contributed by atoms with E-state index in [0.29, 0.717) is 5.69 Å². The van der Waals surface area contributed by atoms with Gasteiger partial charge in [0, 0.05) is 6.20 Å². The van der Waals surface area contributed by atoms with E-state index in [2.05, 4.69) is 20.0 Å². The Balaban J connectivity index is 1.58. The summed E-state index contributed by atoms with van der Waals surface area (Å²) >= 11 is 0. The number of aliphatic hydroxyl groups is 1. The summed E-state index contributed by atoms with van der Waals surface area (Å²) in [6.45, 7) is -0.221. The predicted octanol–water partition coefficient (Wildman–Crippen LogP) is 0.285. The molecule has 1 aliphatic heterocycles. The number of sulfonamides is 1. The van der Waals surface area contributed by atoms with Crippen LogP contribution in [-0.2, 0) is 26.1 Å². The van der Waals surface area contributed by atoms with Gasteiger partial charge in [-0.25, -0.2) is 27.5 Å². The number of rotatable bonds is 8. The zero-order valence-electron chi connectivity index (χ0n) is 15.8. The highest BCUT2D eigenvalue weighted by molar-refractivity contribution is 7.89. The molecule has 3 rings (SSSR count). The second-order valence-electron chi connectivity index (χ2n) is 6.56. The minimum atomic E-state index is -3.95. The molecule has 2 aromatic rings. The molecule has 9 nitrogen and oxygen atoms in total. The molecule has 160 valence electrons. The molecule has 0 fully saturated rings. The lowest BCUT2D eigenvalue weighted by atomic mass is 10.1. The summed E-state index contributed by atoms with van der Waals surface area (Å²) in [5, 5.41) is 12.3. The molecule has 11 heteroatoms. The maximum Gasteiger partial charge on any atom is 0.241 e. The van der Waals surface area contributed by atoms with Crippen LogP contribution in [0.2, 0.25) is 0 Å². The smallest absolute Gasteiger partial charge is 0.241 e. The van der Waals surface area contributed by atoms with Gasteiger partial charge in [0.25, 0.3) is 0 Å². The first-order chi connectivity index (χ1) is 14.4. The fraction of sp³-hybridized carbons (Fsp3) is 0.316. The van der Waals surface area contributed by atoms with Crippen LogP contribution in [0.1, 0.15) is 12.1 Å². The van der Waals surface area contributed by atoms with Crippen molar-refractivity contribution < 1.29 is 27.4 Å². The number of hydrogen-bond acceptors (Lipinski definition) is 7. The summed E-state index contributed by atoms with van der Waals surface area (Å²) in [5.74, 6) is -0.839. The maximum absolute atomic E-state index is 13.0. The lowest BCUT2D eigenvalue weighted by molar-refractivity contribution is -0.125. The summed E-state index contributed by atoms with van der Waals surface area (Å²) in [4.78, 5) is 19.8. The van der Waals surface area contributed by atoms with Gasteiger partial charge in [-0.2, -0.15) is 0 Å². The zero-order chi connectivity index (χ0) is 21.6. The number of aliphatic hydroxyl groups excluding tert-OH is 1. The molecule has 30 heavy (non-hydrogen) atoms. The molecule has 0 saturated carbocycles. The molecule has 3 N–H and O–H groups in total. The molecule has 1 aliphatic rings. The highest BCUT2D eigenvalue weighted by atomic mass is 32.2. The van der Waals surface area contributed by atoms with Gasteiger partial charge in [0.15, 0.2) is 0 Å². The van der Waals surface area contributed by atoms with Crippen molar-refractivity contribution in [1.82, 2.24) is 20.0 Å². The van der Waals surface area contributed by atoms with E-state index in [4.69, 9.17) is 4.74 Å². The van der Waals surface area contributed by atoms with E-state index in [-0.39, 0.29) is 23.8 Å². The second kappa shape index (κ2) is 9.85. The van der Waals surface area contributed by atoms with Crippen LogP contribution in [0.4, 0.5) is 4.39 Å². The number of halogens is 1. The Morgan fingerprint density at radius 3 is 2.63 bits per heavy atom. The van der Waals surface area contributed by atoms with Gasteiger partial charge in [-0.1, -0.05) is 12.2 Å². The Hall–Kier alpha value is -2.73. The largest absolute Gasteiger partial charge is 0.394 e. The van der Waals surface area contributed by atoms with Crippen LogP contribution in [-0.4, -0.2) is 54.3 Å². The van der Waals surface area contributed by atoms with Crippen LogP contribution >= 0.6 is 0 Å². The first-order valence-corrected chi connectivity index (χ1v) is 10.6. The van der Waals surface area contributed by atoms with Gasteiger partial charge >= 0.3 is 0 Å². The number of hydrogen-bond donors (Lipinski definition) is 3. The van der Waals surface area contributed by atoms with Crippen LogP contribution in [0.15, 0.2) is 59.9 Å². The molecule has 0 unspecified atom stereocenters. The molecule has 1 aromatic carbocycles. The van der Waals surface area contributed by atoms with Crippen molar-refractivity contribution in [2.75, 3.05) is 6.61 Å². The van der Waals surface area contributed by atoms with Crippen LogP contribution in [0.25, 0.3) is 0 Å². The number of benzene rings is 1. The number of nitrogens with one attached hydrogen (secondary N) is 2. The van der Waals surface area contributed by atoms with Gasteiger partial charge in [0.05, 0.1) is 42.3 Å². The third kappa shape index (κ3) is 5.89. The molecule has 0 radical (unpaired) electrons. The third-order valence-corrected chi connectivity index (χ3v) is 5.85. The molecule has 1 amide bonds.